The Morgan fingerprint density at radius 2 is 1.72 bits per heavy atom. The van der Waals surface area contributed by atoms with Crippen molar-refractivity contribution in [3.05, 3.63) is 110 Å². The highest BCUT2D eigenvalue weighted by Gasteiger charge is 2.54. The molecule has 3 aromatic carbocycles. The molecule has 2 atom stereocenters. The molecule has 1 heterocycles. The van der Waals surface area contributed by atoms with Crippen LogP contribution in [0.25, 0.3) is 20.9 Å². The van der Waals surface area contributed by atoms with Crippen LogP contribution in [0, 0.1) is 0 Å². The summed E-state index contributed by atoms with van der Waals surface area (Å²) in [6.07, 6.45) is -0.609. The van der Waals surface area contributed by atoms with Gasteiger partial charge >= 0.3 is 0 Å². The van der Waals surface area contributed by atoms with Crippen molar-refractivity contribution in [2.24, 2.45) is 21.1 Å². The van der Waals surface area contributed by atoms with Crippen LogP contribution >= 0.6 is 0 Å². The fourth-order valence-corrected chi connectivity index (χ4v) is 4.33. The average molecular weight is 528 g/mol. The lowest BCUT2D eigenvalue weighted by atomic mass is 9.81. The van der Waals surface area contributed by atoms with Crippen molar-refractivity contribution in [3.8, 4) is 5.75 Å². The van der Waals surface area contributed by atoms with Crippen LogP contribution in [-0.4, -0.2) is 35.7 Å². The van der Waals surface area contributed by atoms with E-state index in [2.05, 4.69) is 25.5 Å². The van der Waals surface area contributed by atoms with Crippen LogP contribution in [0.15, 0.2) is 88.0 Å². The second kappa shape index (κ2) is 12.5. The lowest BCUT2D eigenvalue weighted by Crippen LogP contribution is -2.52. The number of rotatable bonds is 11. The van der Waals surface area contributed by atoms with E-state index in [1.54, 1.807) is 72.8 Å². The van der Waals surface area contributed by atoms with Crippen molar-refractivity contribution < 1.29 is 19.4 Å². The summed E-state index contributed by atoms with van der Waals surface area (Å²) < 4.78 is 11.9. The molecule has 1 aliphatic rings. The minimum absolute atomic E-state index is 0.0233. The van der Waals surface area contributed by atoms with Crippen LogP contribution < -0.4 is 16.0 Å². The molecule has 198 valence electrons. The number of aliphatic hydroxyl groups is 1. The Balaban J connectivity index is 1.85. The molecule has 0 aromatic heterocycles. The minimum Gasteiger partial charge on any atom is -0.494 e. The standard InChI is InChI=1S/C26H25N9O4/c27-31-25(37)26(16-18-6-1-3-8-21(18)32-34-28)23(20-7-2-4-9-22(20)33-35-29)39-24(30-26)17-10-12-19(13-11-17)38-15-5-14-36/h1-4,6-13,23,36H,5,14-16,27H2,(H,31,37)/t23-,26-/m0/s1. The maximum Gasteiger partial charge on any atom is 0.266 e. The molecule has 0 fully saturated rings. The molecule has 3 aromatic rings. The van der Waals surface area contributed by atoms with E-state index in [1.165, 1.54) is 0 Å². The zero-order chi connectivity index (χ0) is 27.7. The number of hydrazine groups is 1. The number of carbonyl (C=O) groups is 1. The van der Waals surface area contributed by atoms with Crippen LogP contribution in [-0.2, 0) is 16.0 Å². The predicted octanol–water partition coefficient (Wildman–Crippen LogP) is 4.82. The predicted molar refractivity (Wildman–Crippen MR) is 143 cm³/mol. The maximum atomic E-state index is 13.6. The van der Waals surface area contributed by atoms with Crippen LogP contribution in [0.5, 0.6) is 5.75 Å². The number of aliphatic imine (C=N–C) groups is 1. The molecular weight excluding hydrogens is 502 g/mol. The molecule has 4 N–H and O–H groups in total. The van der Waals surface area contributed by atoms with E-state index >= 15 is 0 Å². The van der Waals surface area contributed by atoms with Crippen molar-refractivity contribution in [1.29, 1.82) is 0 Å². The van der Waals surface area contributed by atoms with Gasteiger partial charge in [-0.3, -0.25) is 10.2 Å². The Hall–Kier alpha value is -5.06. The molecule has 1 amide bonds. The largest absolute Gasteiger partial charge is 0.494 e. The molecule has 13 nitrogen and oxygen atoms in total. The van der Waals surface area contributed by atoms with Gasteiger partial charge in [-0.2, -0.15) is 0 Å². The van der Waals surface area contributed by atoms with E-state index in [4.69, 9.17) is 36.5 Å². The fourth-order valence-electron chi connectivity index (χ4n) is 4.33. The summed E-state index contributed by atoms with van der Waals surface area (Å²) in [4.78, 5) is 24.2. The number of nitrogens with zero attached hydrogens (tertiary/aromatic N) is 7. The summed E-state index contributed by atoms with van der Waals surface area (Å²) in [5.74, 6) is 5.75. The third kappa shape index (κ3) is 5.77. The summed E-state index contributed by atoms with van der Waals surface area (Å²) in [6, 6.07) is 20.4. The number of amides is 1. The van der Waals surface area contributed by atoms with Gasteiger partial charge < -0.3 is 14.6 Å². The first kappa shape index (κ1) is 27.0. The van der Waals surface area contributed by atoms with Gasteiger partial charge in [-0.25, -0.2) is 10.8 Å². The topological polar surface area (TPSA) is 204 Å². The van der Waals surface area contributed by atoms with Gasteiger partial charge in [-0.15, -0.1) is 0 Å². The van der Waals surface area contributed by atoms with E-state index in [9.17, 15) is 4.79 Å². The second-order valence-corrected chi connectivity index (χ2v) is 8.51. The van der Waals surface area contributed by atoms with Gasteiger partial charge in [0.2, 0.25) is 5.90 Å². The van der Waals surface area contributed by atoms with Gasteiger partial charge in [0.15, 0.2) is 11.6 Å². The van der Waals surface area contributed by atoms with Crippen LogP contribution in [0.3, 0.4) is 0 Å². The Morgan fingerprint density at radius 3 is 2.41 bits per heavy atom. The van der Waals surface area contributed by atoms with Gasteiger partial charge in [0.25, 0.3) is 5.91 Å². The van der Waals surface area contributed by atoms with Gasteiger partial charge in [0.1, 0.15) is 5.75 Å². The number of hydrogen-bond acceptors (Lipinski definition) is 8. The monoisotopic (exact) mass is 527 g/mol. The molecular formula is C26H25N9O4. The molecule has 1 aliphatic heterocycles. The number of benzene rings is 3. The fraction of sp³-hybridized carbons (Fsp3) is 0.231. The SMILES string of the molecule is [N-]=[N+]=Nc1ccccc1C[C@]1(C(=O)NN)N=C(c2ccc(OCCCO)cc2)O[C@H]1c1ccccc1N=[N+]=[N-]. The molecule has 13 heteroatoms. The minimum atomic E-state index is -1.66. The van der Waals surface area contributed by atoms with Crippen molar-refractivity contribution in [3.63, 3.8) is 0 Å². The highest BCUT2D eigenvalue weighted by Crippen LogP contribution is 2.46. The van der Waals surface area contributed by atoms with E-state index < -0.39 is 17.6 Å². The van der Waals surface area contributed by atoms with Crippen LogP contribution in [0.1, 0.15) is 29.2 Å². The summed E-state index contributed by atoms with van der Waals surface area (Å²) >= 11 is 0. The van der Waals surface area contributed by atoms with Gasteiger partial charge in [-0.05, 0) is 40.9 Å². The molecule has 0 aliphatic carbocycles. The van der Waals surface area contributed by atoms with Gasteiger partial charge in [0, 0.05) is 51.8 Å². The molecule has 39 heavy (non-hydrogen) atoms. The van der Waals surface area contributed by atoms with Crippen molar-refractivity contribution in [2.45, 2.75) is 24.5 Å². The van der Waals surface area contributed by atoms with E-state index in [1.807, 2.05) is 0 Å². The molecule has 0 saturated carbocycles. The first-order valence-electron chi connectivity index (χ1n) is 11.9. The molecule has 0 saturated heterocycles. The van der Waals surface area contributed by atoms with Crippen molar-refractivity contribution in [1.82, 2.24) is 5.43 Å². The first-order chi connectivity index (χ1) is 19.1. The lowest BCUT2D eigenvalue weighted by Gasteiger charge is -2.31. The maximum absolute atomic E-state index is 13.6. The molecule has 0 unspecified atom stereocenters. The van der Waals surface area contributed by atoms with Crippen LogP contribution in [0.4, 0.5) is 11.4 Å². The van der Waals surface area contributed by atoms with E-state index in [-0.39, 0.29) is 24.6 Å². The zero-order valence-electron chi connectivity index (χ0n) is 20.7. The molecule has 0 bridgehead atoms. The second-order valence-electron chi connectivity index (χ2n) is 8.51. The number of nitrogens with two attached hydrogens (primary N) is 1. The Labute approximate surface area is 223 Å². The summed E-state index contributed by atoms with van der Waals surface area (Å²) in [5, 5.41) is 16.5. The normalized spacial score (nSPS) is 17.7. The summed E-state index contributed by atoms with van der Waals surface area (Å²) in [5.41, 5.74) is 20.9. The number of hydrogen-bond donors (Lipinski definition) is 3. The third-order valence-corrected chi connectivity index (χ3v) is 6.14. The smallest absolute Gasteiger partial charge is 0.266 e. The molecule has 0 spiro atoms. The zero-order valence-corrected chi connectivity index (χ0v) is 20.7. The Morgan fingerprint density at radius 1 is 1.05 bits per heavy atom. The quantitative estimate of drug-likeness (QED) is 0.0608. The number of ether oxygens (including phenoxy) is 2. The highest BCUT2D eigenvalue weighted by atomic mass is 16.5. The Bertz CT molecular complexity index is 1460. The van der Waals surface area contributed by atoms with Gasteiger partial charge in [-0.1, -0.05) is 58.8 Å². The van der Waals surface area contributed by atoms with E-state index in [0.717, 1.165) is 0 Å². The number of nitrogens with one attached hydrogen (secondary N) is 1. The summed E-state index contributed by atoms with van der Waals surface area (Å²) in [6.45, 7) is 0.380. The number of aliphatic hydroxyl groups excluding tert-OH is 1. The van der Waals surface area contributed by atoms with Gasteiger partial charge in [0.05, 0.1) is 6.61 Å². The van der Waals surface area contributed by atoms with Crippen LogP contribution in [0.2, 0.25) is 0 Å². The molecule has 4 rings (SSSR count). The number of azide groups is 2. The lowest BCUT2D eigenvalue weighted by molar-refractivity contribution is -0.129. The Kier molecular flexibility index (Phi) is 8.62. The highest BCUT2D eigenvalue weighted by molar-refractivity contribution is 6.01. The summed E-state index contributed by atoms with van der Waals surface area (Å²) in [7, 11) is 0. The average Bonchev–Trinajstić information content (AvgIpc) is 3.35. The molecule has 0 radical (unpaired) electrons. The van der Waals surface area contributed by atoms with E-state index in [0.29, 0.717) is 41.2 Å². The third-order valence-electron chi connectivity index (χ3n) is 6.14. The van der Waals surface area contributed by atoms with Crippen molar-refractivity contribution >= 4 is 23.2 Å². The van der Waals surface area contributed by atoms with Crippen molar-refractivity contribution in [2.75, 3.05) is 13.2 Å². The number of carbonyl (C=O) groups excluding carboxylic acids is 1. The first-order valence-corrected chi connectivity index (χ1v) is 11.9.